The highest BCUT2D eigenvalue weighted by molar-refractivity contribution is 4.99. The third-order valence-corrected chi connectivity index (χ3v) is 2.66. The van der Waals surface area contributed by atoms with Crippen LogP contribution in [0, 0.1) is 12.8 Å². The maximum Gasteiger partial charge on any atom is 0.133 e. The summed E-state index contributed by atoms with van der Waals surface area (Å²) >= 11 is 0. The first-order chi connectivity index (χ1) is 6.81. The maximum atomic E-state index is 4.19. The van der Waals surface area contributed by atoms with Crippen LogP contribution in [0.1, 0.15) is 11.6 Å². The molecule has 2 heterocycles. The van der Waals surface area contributed by atoms with Crippen LogP contribution >= 0.6 is 0 Å². The highest BCUT2D eigenvalue weighted by Crippen LogP contribution is 2.12. The van der Waals surface area contributed by atoms with Crippen LogP contribution in [0.4, 0.5) is 0 Å². The van der Waals surface area contributed by atoms with E-state index in [2.05, 4.69) is 26.7 Å². The van der Waals surface area contributed by atoms with Gasteiger partial charge < -0.3 is 9.88 Å². The van der Waals surface area contributed by atoms with Crippen LogP contribution in [0.25, 0.3) is 0 Å². The minimum Gasteiger partial charge on any atom is -0.316 e. The fourth-order valence-electron chi connectivity index (χ4n) is 1.69. The van der Waals surface area contributed by atoms with Gasteiger partial charge in [-0.25, -0.2) is 0 Å². The third-order valence-electron chi connectivity index (χ3n) is 2.66. The Morgan fingerprint density at radius 3 is 2.93 bits per heavy atom. The lowest BCUT2D eigenvalue weighted by Crippen LogP contribution is -2.43. The van der Waals surface area contributed by atoms with Gasteiger partial charge in [-0.2, -0.15) is 0 Å². The number of hydrogen-bond donors (Lipinski definition) is 1. The zero-order chi connectivity index (χ0) is 9.97. The predicted octanol–water partition coefficient (Wildman–Crippen LogP) is 0.534. The van der Waals surface area contributed by atoms with Crippen molar-refractivity contribution in [3.05, 3.63) is 24.3 Å². The Morgan fingerprint density at radius 2 is 2.36 bits per heavy atom. The van der Waals surface area contributed by atoms with Crippen LogP contribution in [0.2, 0.25) is 0 Å². The molecule has 4 nitrogen and oxygen atoms in total. The number of nitrogens with one attached hydrogen (secondary N) is 1. The summed E-state index contributed by atoms with van der Waals surface area (Å²) in [6.45, 7) is 8.76. The van der Waals surface area contributed by atoms with Gasteiger partial charge in [0.05, 0.1) is 0 Å². The van der Waals surface area contributed by atoms with Gasteiger partial charge in [-0.3, -0.25) is 0 Å². The standard InChI is InChI=1S/C10H16N4/c1-3-4-14-8(2)12-13-10(14)5-9-6-11-7-9/h3,9,11H,1,4-7H2,2H3. The summed E-state index contributed by atoms with van der Waals surface area (Å²) in [6, 6.07) is 0. The van der Waals surface area contributed by atoms with Crippen LogP contribution < -0.4 is 5.32 Å². The van der Waals surface area contributed by atoms with Crippen molar-refractivity contribution in [2.24, 2.45) is 5.92 Å². The Balaban J connectivity index is 2.10. The molecule has 0 unspecified atom stereocenters. The molecule has 4 heteroatoms. The van der Waals surface area contributed by atoms with Gasteiger partial charge in [0.25, 0.3) is 0 Å². The van der Waals surface area contributed by atoms with Crippen molar-refractivity contribution in [3.8, 4) is 0 Å². The van der Waals surface area contributed by atoms with Crippen molar-refractivity contribution in [2.45, 2.75) is 19.9 Å². The zero-order valence-corrected chi connectivity index (χ0v) is 8.53. The molecule has 1 N–H and O–H groups in total. The van der Waals surface area contributed by atoms with Gasteiger partial charge in [0.15, 0.2) is 0 Å². The summed E-state index contributed by atoms with van der Waals surface area (Å²) in [5.41, 5.74) is 0. The van der Waals surface area contributed by atoms with Crippen molar-refractivity contribution in [1.82, 2.24) is 20.1 Å². The van der Waals surface area contributed by atoms with E-state index in [1.165, 1.54) is 0 Å². The topological polar surface area (TPSA) is 42.7 Å². The average Bonchev–Trinajstić information content (AvgIpc) is 2.43. The van der Waals surface area contributed by atoms with Crippen molar-refractivity contribution < 1.29 is 0 Å². The Labute approximate surface area is 84.0 Å². The van der Waals surface area contributed by atoms with Gasteiger partial charge in [0, 0.05) is 13.0 Å². The first kappa shape index (κ1) is 9.40. The SMILES string of the molecule is C=CCn1c(C)nnc1CC1CNC1. The normalized spacial score (nSPS) is 16.6. The fraction of sp³-hybridized carbons (Fsp3) is 0.600. The lowest BCUT2D eigenvalue weighted by Gasteiger charge is -2.26. The fourth-order valence-corrected chi connectivity index (χ4v) is 1.69. The van der Waals surface area contributed by atoms with E-state index in [9.17, 15) is 0 Å². The lowest BCUT2D eigenvalue weighted by molar-refractivity contribution is 0.337. The van der Waals surface area contributed by atoms with E-state index in [1.54, 1.807) is 0 Å². The maximum absolute atomic E-state index is 4.19. The summed E-state index contributed by atoms with van der Waals surface area (Å²) in [6.07, 6.45) is 2.92. The molecule has 1 aromatic rings. The second-order valence-corrected chi connectivity index (χ2v) is 3.79. The molecule has 0 bridgehead atoms. The second-order valence-electron chi connectivity index (χ2n) is 3.79. The largest absolute Gasteiger partial charge is 0.316 e. The van der Waals surface area contributed by atoms with Gasteiger partial charge in [-0.05, 0) is 25.9 Å². The minimum absolute atomic E-state index is 0.738. The summed E-state index contributed by atoms with van der Waals surface area (Å²) in [5.74, 6) is 2.81. The number of nitrogens with zero attached hydrogens (tertiary/aromatic N) is 3. The molecule has 1 fully saturated rings. The number of aryl methyl sites for hydroxylation is 1. The summed E-state index contributed by atoms with van der Waals surface area (Å²) in [7, 11) is 0. The molecular weight excluding hydrogens is 176 g/mol. The van der Waals surface area contributed by atoms with Gasteiger partial charge in [0.2, 0.25) is 0 Å². The van der Waals surface area contributed by atoms with Gasteiger partial charge >= 0.3 is 0 Å². The molecule has 1 saturated heterocycles. The average molecular weight is 192 g/mol. The molecule has 1 aromatic heterocycles. The molecule has 0 radical (unpaired) electrons. The summed E-state index contributed by atoms with van der Waals surface area (Å²) in [4.78, 5) is 0. The van der Waals surface area contributed by atoms with Crippen molar-refractivity contribution in [2.75, 3.05) is 13.1 Å². The molecule has 76 valence electrons. The van der Waals surface area contributed by atoms with Crippen LogP contribution in [-0.2, 0) is 13.0 Å². The molecule has 0 amide bonds. The van der Waals surface area contributed by atoms with E-state index < -0.39 is 0 Å². The van der Waals surface area contributed by atoms with E-state index in [0.29, 0.717) is 0 Å². The molecule has 0 aliphatic carbocycles. The van der Waals surface area contributed by atoms with Gasteiger partial charge in [-0.15, -0.1) is 16.8 Å². The lowest BCUT2D eigenvalue weighted by atomic mass is 9.99. The first-order valence-corrected chi connectivity index (χ1v) is 5.01. The van der Waals surface area contributed by atoms with E-state index >= 15 is 0 Å². The quantitative estimate of drug-likeness (QED) is 0.708. The summed E-state index contributed by atoms with van der Waals surface area (Å²) in [5, 5.41) is 11.5. The van der Waals surface area contributed by atoms with E-state index in [4.69, 9.17) is 0 Å². The Bertz CT molecular complexity index is 325. The molecule has 14 heavy (non-hydrogen) atoms. The monoisotopic (exact) mass is 192 g/mol. The van der Waals surface area contributed by atoms with Crippen molar-refractivity contribution in [1.29, 1.82) is 0 Å². The van der Waals surface area contributed by atoms with Gasteiger partial charge in [0.1, 0.15) is 11.6 Å². The molecule has 1 aliphatic rings. The molecule has 0 saturated carbocycles. The molecule has 0 aromatic carbocycles. The van der Waals surface area contributed by atoms with Gasteiger partial charge in [-0.1, -0.05) is 6.08 Å². The zero-order valence-electron chi connectivity index (χ0n) is 8.53. The number of rotatable bonds is 4. The smallest absolute Gasteiger partial charge is 0.133 e. The molecule has 2 rings (SSSR count). The first-order valence-electron chi connectivity index (χ1n) is 5.01. The number of hydrogen-bond acceptors (Lipinski definition) is 3. The van der Waals surface area contributed by atoms with Crippen LogP contribution in [-0.4, -0.2) is 27.9 Å². The van der Waals surface area contributed by atoms with Crippen LogP contribution in [0.5, 0.6) is 0 Å². The highest BCUT2D eigenvalue weighted by Gasteiger charge is 2.20. The molecular formula is C10H16N4. The highest BCUT2D eigenvalue weighted by atomic mass is 15.3. The van der Waals surface area contributed by atoms with Crippen molar-refractivity contribution in [3.63, 3.8) is 0 Å². The minimum atomic E-state index is 0.738. The Hall–Kier alpha value is -1.16. The summed E-state index contributed by atoms with van der Waals surface area (Å²) < 4.78 is 2.13. The second kappa shape index (κ2) is 3.92. The van der Waals surface area contributed by atoms with E-state index in [1.807, 2.05) is 13.0 Å². The predicted molar refractivity (Wildman–Crippen MR) is 55.0 cm³/mol. The molecule has 0 atom stereocenters. The van der Waals surface area contributed by atoms with Crippen molar-refractivity contribution >= 4 is 0 Å². The van der Waals surface area contributed by atoms with E-state index in [-0.39, 0.29) is 0 Å². The number of allylic oxidation sites excluding steroid dienone is 1. The Morgan fingerprint density at radius 1 is 1.57 bits per heavy atom. The Kier molecular flexibility index (Phi) is 2.63. The van der Waals surface area contributed by atoms with E-state index in [0.717, 1.165) is 43.6 Å². The van der Waals surface area contributed by atoms with Crippen LogP contribution in [0.15, 0.2) is 12.7 Å². The van der Waals surface area contributed by atoms with Crippen LogP contribution in [0.3, 0.4) is 0 Å². The molecule has 1 aliphatic heterocycles. The molecule has 0 spiro atoms. The third kappa shape index (κ3) is 1.70. The number of aromatic nitrogens is 3.